The summed E-state index contributed by atoms with van der Waals surface area (Å²) in [6.07, 6.45) is 7.38. The summed E-state index contributed by atoms with van der Waals surface area (Å²) >= 11 is 0. The first kappa shape index (κ1) is 43.5. The molecule has 0 saturated carbocycles. The standard InChI is InChI=1S/C62H51N9/c1-61(2,3)43-25-29-45(30-26-43)69(46-31-27-44(28-32-46)62(4,5)6)59-53(70-49-21-13-33-63-55(49)56-50(70)22-14-34-64-56)37-42(38-54(59)71-51-23-15-35-65-57(51)58-52(71)24-16-36-66-58)48-39-47(40-17-9-7-10-18-40)67-60(68-48)41-19-11-8-12-20-41/h7-39H,1-6H3. The van der Waals surface area contributed by atoms with Crippen LogP contribution in [0.4, 0.5) is 17.1 Å². The van der Waals surface area contributed by atoms with Gasteiger partial charge in [0.1, 0.15) is 22.1 Å². The van der Waals surface area contributed by atoms with Crippen LogP contribution in [0.2, 0.25) is 0 Å². The number of aromatic nitrogens is 8. The van der Waals surface area contributed by atoms with Crippen LogP contribution in [0.5, 0.6) is 0 Å². The molecule has 7 heterocycles. The van der Waals surface area contributed by atoms with E-state index in [4.69, 9.17) is 29.9 Å². The topological polar surface area (TPSA) is 90.4 Å². The summed E-state index contributed by atoms with van der Waals surface area (Å²) in [5.74, 6) is 0.629. The maximum atomic E-state index is 5.46. The highest BCUT2D eigenvalue weighted by Crippen LogP contribution is 2.49. The van der Waals surface area contributed by atoms with Gasteiger partial charge in [-0.05, 0) is 113 Å². The number of anilines is 3. The predicted octanol–water partition coefficient (Wildman–Crippen LogP) is 15.3. The fourth-order valence-corrected chi connectivity index (χ4v) is 9.84. The Morgan fingerprint density at radius 1 is 0.366 bits per heavy atom. The molecular weight excluding hydrogens is 871 g/mol. The van der Waals surface area contributed by atoms with Gasteiger partial charge < -0.3 is 14.0 Å². The van der Waals surface area contributed by atoms with E-state index < -0.39 is 0 Å². The van der Waals surface area contributed by atoms with E-state index in [0.29, 0.717) is 5.82 Å². The third-order valence-electron chi connectivity index (χ3n) is 13.4. The molecule has 0 amide bonds. The fourth-order valence-electron chi connectivity index (χ4n) is 9.84. The highest BCUT2D eigenvalue weighted by atomic mass is 15.2. The Hall–Kier alpha value is -8.82. The van der Waals surface area contributed by atoms with Crippen molar-refractivity contribution in [1.82, 2.24) is 39.0 Å². The summed E-state index contributed by atoms with van der Waals surface area (Å²) in [4.78, 5) is 33.1. The highest BCUT2D eigenvalue weighted by molar-refractivity contribution is 6.08. The van der Waals surface area contributed by atoms with E-state index in [0.717, 1.165) is 101 Å². The molecule has 12 rings (SSSR count). The largest absolute Gasteiger partial charge is 0.307 e. The Labute approximate surface area is 412 Å². The molecule has 71 heavy (non-hydrogen) atoms. The van der Waals surface area contributed by atoms with Crippen molar-refractivity contribution in [2.75, 3.05) is 4.90 Å². The van der Waals surface area contributed by atoms with Crippen molar-refractivity contribution >= 4 is 61.2 Å². The molecule has 0 aliphatic rings. The number of hydrogen-bond donors (Lipinski definition) is 0. The van der Waals surface area contributed by atoms with Crippen LogP contribution in [-0.4, -0.2) is 39.0 Å². The van der Waals surface area contributed by atoms with Gasteiger partial charge in [-0.15, -0.1) is 0 Å². The van der Waals surface area contributed by atoms with Gasteiger partial charge in [0.25, 0.3) is 0 Å². The van der Waals surface area contributed by atoms with Crippen LogP contribution in [0.3, 0.4) is 0 Å². The van der Waals surface area contributed by atoms with E-state index >= 15 is 0 Å². The van der Waals surface area contributed by atoms with Crippen LogP contribution in [0, 0.1) is 0 Å². The second-order valence-corrected chi connectivity index (χ2v) is 20.1. The van der Waals surface area contributed by atoms with Crippen LogP contribution < -0.4 is 4.90 Å². The van der Waals surface area contributed by atoms with Crippen LogP contribution in [0.25, 0.3) is 89.4 Å². The lowest BCUT2D eigenvalue weighted by atomic mass is 9.86. The summed E-state index contributed by atoms with van der Waals surface area (Å²) < 4.78 is 4.66. The van der Waals surface area contributed by atoms with E-state index in [1.807, 2.05) is 73.3 Å². The SMILES string of the molecule is CC(C)(C)c1ccc(N(c2ccc(C(C)(C)C)cc2)c2c(-n3c4cccnc4c4ncccc43)cc(-c3cc(-c4ccccc4)nc(-c4ccccc4)n3)cc2-n2c3cccnc3c3ncccc32)cc1. The molecule has 9 heteroatoms. The number of rotatable bonds is 8. The Balaban J connectivity index is 1.28. The Morgan fingerprint density at radius 2 is 0.732 bits per heavy atom. The molecule has 0 fully saturated rings. The molecule has 0 N–H and O–H groups in total. The zero-order valence-corrected chi connectivity index (χ0v) is 40.6. The van der Waals surface area contributed by atoms with Crippen molar-refractivity contribution in [1.29, 1.82) is 0 Å². The quantitative estimate of drug-likeness (QED) is 0.150. The van der Waals surface area contributed by atoms with E-state index in [1.165, 1.54) is 11.1 Å². The summed E-state index contributed by atoms with van der Waals surface area (Å²) in [6, 6.07) is 61.9. The first-order valence-corrected chi connectivity index (χ1v) is 24.1. The predicted molar refractivity (Wildman–Crippen MR) is 290 cm³/mol. The van der Waals surface area contributed by atoms with Gasteiger partial charge in [0.15, 0.2) is 5.82 Å². The van der Waals surface area contributed by atoms with Gasteiger partial charge in [-0.25, -0.2) is 9.97 Å². The van der Waals surface area contributed by atoms with Gasteiger partial charge in [-0.1, -0.05) is 126 Å². The Morgan fingerprint density at radius 3 is 1.11 bits per heavy atom. The highest BCUT2D eigenvalue weighted by Gasteiger charge is 2.30. The molecule has 0 atom stereocenters. The van der Waals surface area contributed by atoms with E-state index in [9.17, 15) is 0 Å². The van der Waals surface area contributed by atoms with E-state index in [1.54, 1.807) is 0 Å². The lowest BCUT2D eigenvalue weighted by Gasteiger charge is -2.32. The normalized spacial score (nSPS) is 12.1. The molecule has 0 spiro atoms. The monoisotopic (exact) mass is 921 g/mol. The molecule has 0 aliphatic carbocycles. The second-order valence-electron chi connectivity index (χ2n) is 20.1. The minimum atomic E-state index is -0.0592. The fraction of sp³-hybridized carbons (Fsp3) is 0.129. The molecule has 7 aromatic heterocycles. The Bertz CT molecular complexity index is 3580. The molecule has 0 radical (unpaired) electrons. The minimum Gasteiger partial charge on any atom is -0.307 e. The van der Waals surface area contributed by atoms with Gasteiger partial charge >= 0.3 is 0 Å². The number of pyridine rings is 4. The number of fused-ring (bicyclic) bond motifs is 6. The first-order chi connectivity index (χ1) is 34.5. The van der Waals surface area contributed by atoms with Gasteiger partial charge in [-0.2, -0.15) is 0 Å². The van der Waals surface area contributed by atoms with Crippen LogP contribution in [0.15, 0.2) is 201 Å². The van der Waals surface area contributed by atoms with Gasteiger partial charge in [-0.3, -0.25) is 19.9 Å². The summed E-state index contributed by atoms with van der Waals surface area (Å²) in [7, 11) is 0. The number of benzene rings is 5. The maximum Gasteiger partial charge on any atom is 0.160 e. The molecule has 0 saturated heterocycles. The van der Waals surface area contributed by atoms with Gasteiger partial charge in [0, 0.05) is 52.9 Å². The molecule has 0 bridgehead atoms. The zero-order chi connectivity index (χ0) is 48.4. The lowest BCUT2D eigenvalue weighted by Crippen LogP contribution is -2.18. The van der Waals surface area contributed by atoms with Crippen LogP contribution in [-0.2, 0) is 10.8 Å². The Kier molecular flexibility index (Phi) is 10.4. The first-order valence-electron chi connectivity index (χ1n) is 24.1. The van der Waals surface area contributed by atoms with E-state index in [2.05, 4.69) is 183 Å². The van der Waals surface area contributed by atoms with Crippen LogP contribution >= 0.6 is 0 Å². The van der Waals surface area contributed by atoms with Crippen molar-refractivity contribution in [3.05, 3.63) is 212 Å². The third kappa shape index (κ3) is 7.67. The third-order valence-corrected chi connectivity index (χ3v) is 13.4. The van der Waals surface area contributed by atoms with Crippen molar-refractivity contribution in [2.24, 2.45) is 0 Å². The average molecular weight is 922 g/mol. The minimum absolute atomic E-state index is 0.0592. The molecular formula is C62H51N9. The van der Waals surface area contributed by atoms with Gasteiger partial charge in [0.2, 0.25) is 0 Å². The van der Waals surface area contributed by atoms with Crippen molar-refractivity contribution in [2.45, 2.75) is 52.4 Å². The molecule has 5 aromatic carbocycles. The summed E-state index contributed by atoms with van der Waals surface area (Å²) in [5.41, 5.74) is 18.3. The molecule has 9 nitrogen and oxygen atoms in total. The molecule has 12 aromatic rings. The second kappa shape index (κ2) is 17.0. The van der Waals surface area contributed by atoms with Gasteiger partial charge in [0.05, 0.1) is 50.5 Å². The van der Waals surface area contributed by atoms with E-state index in [-0.39, 0.29) is 10.8 Å². The molecule has 0 aliphatic heterocycles. The molecule has 0 unspecified atom stereocenters. The van der Waals surface area contributed by atoms with Crippen molar-refractivity contribution < 1.29 is 0 Å². The number of nitrogens with zero attached hydrogens (tertiary/aromatic N) is 9. The lowest BCUT2D eigenvalue weighted by molar-refractivity contribution is 0.590. The smallest absolute Gasteiger partial charge is 0.160 e. The van der Waals surface area contributed by atoms with Crippen molar-refractivity contribution in [3.8, 4) is 45.3 Å². The van der Waals surface area contributed by atoms with Crippen molar-refractivity contribution in [3.63, 3.8) is 0 Å². The maximum absolute atomic E-state index is 5.46. The molecule has 344 valence electrons. The number of hydrogen-bond acceptors (Lipinski definition) is 7. The summed E-state index contributed by atoms with van der Waals surface area (Å²) in [6.45, 7) is 13.5. The zero-order valence-electron chi connectivity index (χ0n) is 40.6. The van der Waals surface area contributed by atoms with Crippen LogP contribution in [0.1, 0.15) is 52.7 Å². The average Bonchev–Trinajstić information content (AvgIpc) is 3.92. The summed E-state index contributed by atoms with van der Waals surface area (Å²) in [5, 5.41) is 0.